The van der Waals surface area contributed by atoms with Crippen LogP contribution in [0.25, 0.3) is 22.0 Å². The van der Waals surface area contributed by atoms with E-state index in [1.807, 2.05) is 0 Å². The van der Waals surface area contributed by atoms with Gasteiger partial charge in [0.25, 0.3) is 5.56 Å². The Hall–Kier alpha value is -3.36. The van der Waals surface area contributed by atoms with Crippen molar-refractivity contribution in [2.24, 2.45) is 0 Å². The van der Waals surface area contributed by atoms with Crippen molar-refractivity contribution < 1.29 is 27.5 Å². The highest BCUT2D eigenvalue weighted by atomic mass is 19.4. The van der Waals surface area contributed by atoms with Crippen LogP contribution in [0.2, 0.25) is 0 Å². The zero-order chi connectivity index (χ0) is 20.6. The third-order valence-corrected chi connectivity index (χ3v) is 4.27. The molecular weight excluding hydrogens is 380 g/mol. The third-order valence-electron chi connectivity index (χ3n) is 4.27. The molecule has 0 atom stereocenters. The Morgan fingerprint density at radius 1 is 1.14 bits per heavy atom. The van der Waals surface area contributed by atoms with Crippen molar-refractivity contribution in [2.75, 3.05) is 11.4 Å². The number of rotatable bonds is 3. The fourth-order valence-corrected chi connectivity index (χ4v) is 2.98. The molecule has 0 unspecified atom stereocenters. The fraction of sp³-hybridized carbons (Fsp3) is 0.158. The van der Waals surface area contributed by atoms with E-state index in [1.165, 1.54) is 24.3 Å². The number of alkyl halides is 3. The lowest BCUT2D eigenvalue weighted by molar-refractivity contribution is -0.137. The van der Waals surface area contributed by atoms with E-state index in [-0.39, 0.29) is 28.9 Å². The van der Waals surface area contributed by atoms with E-state index in [0.29, 0.717) is 11.5 Å². The normalized spacial score (nSPS) is 11.6. The molecule has 3 rings (SSSR count). The second-order valence-electron chi connectivity index (χ2n) is 6.00. The topological polar surface area (TPSA) is 73.4 Å². The molecule has 0 saturated carbocycles. The number of aromatic amines is 1. The van der Waals surface area contributed by atoms with Crippen molar-refractivity contribution in [1.82, 2.24) is 4.98 Å². The molecule has 0 aliphatic heterocycles. The van der Waals surface area contributed by atoms with Crippen LogP contribution in [0.3, 0.4) is 0 Å². The first-order chi connectivity index (χ1) is 13.1. The maximum absolute atomic E-state index is 13.3. The molecule has 2 N–H and O–H groups in total. The van der Waals surface area contributed by atoms with Gasteiger partial charge in [-0.1, -0.05) is 6.07 Å². The number of benzene rings is 2. The first-order valence-corrected chi connectivity index (χ1v) is 8.16. The number of pyridine rings is 1. The summed E-state index contributed by atoms with van der Waals surface area (Å²) >= 11 is 0. The molecule has 1 amide bonds. The molecule has 0 fully saturated rings. The average molecular weight is 394 g/mol. The van der Waals surface area contributed by atoms with Crippen molar-refractivity contribution >= 4 is 22.6 Å². The Morgan fingerprint density at radius 3 is 2.46 bits per heavy atom. The third kappa shape index (κ3) is 3.55. The highest BCUT2D eigenvalue weighted by Crippen LogP contribution is 2.37. The van der Waals surface area contributed by atoms with Gasteiger partial charge in [0.2, 0.25) is 0 Å². The van der Waals surface area contributed by atoms with Crippen LogP contribution in [0, 0.1) is 5.82 Å². The molecule has 1 aromatic heterocycles. The van der Waals surface area contributed by atoms with Crippen molar-refractivity contribution in [1.29, 1.82) is 0 Å². The molecule has 0 bridgehead atoms. The molecule has 9 heteroatoms. The van der Waals surface area contributed by atoms with Crippen molar-refractivity contribution in [3.8, 4) is 11.3 Å². The highest BCUT2D eigenvalue weighted by Gasteiger charge is 2.34. The zero-order valence-electron chi connectivity index (χ0n) is 14.5. The number of halogens is 4. The Balaban J connectivity index is 2.19. The maximum atomic E-state index is 13.3. The highest BCUT2D eigenvalue weighted by molar-refractivity contribution is 5.93. The van der Waals surface area contributed by atoms with E-state index < -0.39 is 29.2 Å². The Morgan fingerprint density at radius 2 is 1.86 bits per heavy atom. The molecule has 0 aliphatic rings. The Bertz CT molecular complexity index is 1120. The lowest BCUT2D eigenvalue weighted by atomic mass is 10.0. The largest absolute Gasteiger partial charge is 0.465 e. The zero-order valence-corrected chi connectivity index (χ0v) is 14.5. The summed E-state index contributed by atoms with van der Waals surface area (Å²) in [4.78, 5) is 27.1. The summed E-state index contributed by atoms with van der Waals surface area (Å²) < 4.78 is 53.1. The van der Waals surface area contributed by atoms with Gasteiger partial charge in [0.15, 0.2) is 0 Å². The summed E-state index contributed by atoms with van der Waals surface area (Å²) in [6, 6.07) is 7.79. The van der Waals surface area contributed by atoms with Gasteiger partial charge in [-0.05, 0) is 48.7 Å². The van der Waals surface area contributed by atoms with Gasteiger partial charge in [-0.3, -0.25) is 9.69 Å². The minimum atomic E-state index is -4.81. The molecule has 0 saturated heterocycles. The van der Waals surface area contributed by atoms with Crippen LogP contribution >= 0.6 is 0 Å². The number of carbonyl (C=O) groups is 1. The number of fused-ring (bicyclic) bond motifs is 1. The quantitative estimate of drug-likeness (QED) is 0.624. The minimum Gasteiger partial charge on any atom is -0.465 e. The number of H-pyrrole nitrogens is 1. The molecular formula is C19H14F4N2O3. The summed E-state index contributed by atoms with van der Waals surface area (Å²) in [7, 11) is 0. The average Bonchev–Trinajstić information content (AvgIpc) is 2.61. The number of aromatic nitrogens is 1. The number of hydrogen-bond acceptors (Lipinski definition) is 2. The van der Waals surface area contributed by atoms with Crippen LogP contribution in [0.4, 0.5) is 28.0 Å². The van der Waals surface area contributed by atoms with Crippen LogP contribution in [0.1, 0.15) is 12.5 Å². The van der Waals surface area contributed by atoms with Gasteiger partial charge in [-0.15, -0.1) is 0 Å². The summed E-state index contributed by atoms with van der Waals surface area (Å²) in [5.74, 6) is -1.04. The number of anilines is 1. The summed E-state index contributed by atoms with van der Waals surface area (Å²) in [5.41, 5.74) is -2.12. The molecule has 3 aromatic rings. The van der Waals surface area contributed by atoms with Gasteiger partial charge < -0.3 is 10.1 Å². The van der Waals surface area contributed by atoms with E-state index in [4.69, 9.17) is 0 Å². The first kappa shape index (κ1) is 19.4. The summed E-state index contributed by atoms with van der Waals surface area (Å²) in [5, 5.41) is 9.64. The van der Waals surface area contributed by atoms with Crippen LogP contribution in [-0.2, 0) is 6.18 Å². The van der Waals surface area contributed by atoms with Crippen LogP contribution in [0.15, 0.2) is 47.3 Å². The second-order valence-corrected chi connectivity index (χ2v) is 6.00. The van der Waals surface area contributed by atoms with E-state index in [9.17, 15) is 32.3 Å². The van der Waals surface area contributed by atoms with Gasteiger partial charge in [-0.25, -0.2) is 9.18 Å². The summed E-state index contributed by atoms with van der Waals surface area (Å²) in [6.07, 6.45) is -6.01. The SMILES string of the molecule is CCN(C(=O)O)c1ccc2cc(-c3ccc(F)cc3C(F)(F)F)[nH]c(=O)c2c1. The van der Waals surface area contributed by atoms with Gasteiger partial charge in [0, 0.05) is 28.9 Å². The van der Waals surface area contributed by atoms with Gasteiger partial charge in [0.05, 0.1) is 5.56 Å². The maximum Gasteiger partial charge on any atom is 0.417 e. The number of carboxylic acid groups (broad SMARTS) is 1. The molecule has 28 heavy (non-hydrogen) atoms. The standard InChI is InChI=1S/C19H14F4N2O3/c1-2-25(18(27)28)12-5-3-10-7-16(24-17(26)14(10)9-12)13-6-4-11(20)8-15(13)19(21,22)23/h3-9H,2H2,1H3,(H,24,26)(H,27,28). The predicted octanol–water partition coefficient (Wildman–Crippen LogP) is 4.86. The number of amides is 1. The molecule has 0 radical (unpaired) electrons. The van der Waals surface area contributed by atoms with Gasteiger partial charge in [-0.2, -0.15) is 13.2 Å². The monoisotopic (exact) mass is 394 g/mol. The Labute approximate surface area is 155 Å². The van der Waals surface area contributed by atoms with E-state index in [2.05, 4.69) is 4.98 Å². The molecule has 0 aliphatic carbocycles. The minimum absolute atomic E-state index is 0.122. The molecule has 5 nitrogen and oxygen atoms in total. The van der Waals surface area contributed by atoms with E-state index >= 15 is 0 Å². The van der Waals surface area contributed by atoms with E-state index in [0.717, 1.165) is 17.0 Å². The number of nitrogens with one attached hydrogen (secondary N) is 1. The fourth-order valence-electron chi connectivity index (χ4n) is 2.98. The number of nitrogens with zero attached hydrogens (tertiary/aromatic N) is 1. The van der Waals surface area contributed by atoms with Crippen molar-refractivity contribution in [3.05, 3.63) is 64.2 Å². The van der Waals surface area contributed by atoms with Crippen molar-refractivity contribution in [3.63, 3.8) is 0 Å². The molecule has 2 aromatic carbocycles. The Kier molecular flexibility index (Phi) is 4.84. The van der Waals surface area contributed by atoms with Gasteiger partial charge in [0.1, 0.15) is 5.82 Å². The smallest absolute Gasteiger partial charge is 0.417 e. The second kappa shape index (κ2) is 6.99. The van der Waals surface area contributed by atoms with Gasteiger partial charge >= 0.3 is 12.3 Å². The number of hydrogen-bond donors (Lipinski definition) is 2. The lowest BCUT2D eigenvalue weighted by Crippen LogP contribution is -2.28. The molecule has 146 valence electrons. The molecule has 0 spiro atoms. The lowest BCUT2D eigenvalue weighted by Gasteiger charge is -2.17. The first-order valence-electron chi connectivity index (χ1n) is 8.16. The van der Waals surface area contributed by atoms with Crippen molar-refractivity contribution in [2.45, 2.75) is 13.1 Å². The summed E-state index contributed by atoms with van der Waals surface area (Å²) in [6.45, 7) is 1.78. The van der Waals surface area contributed by atoms with Crippen LogP contribution in [0.5, 0.6) is 0 Å². The molecule has 1 heterocycles. The van der Waals surface area contributed by atoms with Crippen LogP contribution < -0.4 is 10.5 Å². The van der Waals surface area contributed by atoms with Crippen LogP contribution in [-0.4, -0.2) is 22.7 Å². The van der Waals surface area contributed by atoms with E-state index in [1.54, 1.807) is 6.92 Å². The predicted molar refractivity (Wildman–Crippen MR) is 96.0 cm³/mol.